The predicted octanol–water partition coefficient (Wildman–Crippen LogP) is 4.33. The van der Waals surface area contributed by atoms with E-state index in [1.165, 1.54) is 6.07 Å². The lowest BCUT2D eigenvalue weighted by molar-refractivity contribution is -0.0143. The summed E-state index contributed by atoms with van der Waals surface area (Å²) < 4.78 is 25.9. The summed E-state index contributed by atoms with van der Waals surface area (Å²) in [6, 6.07) is 5.06. The normalized spacial score (nSPS) is 22.1. The van der Waals surface area contributed by atoms with Gasteiger partial charge in [0.05, 0.1) is 12.6 Å². The molecule has 1 unspecified atom stereocenters. The number of benzene rings is 1. The highest BCUT2D eigenvalue weighted by molar-refractivity contribution is 9.10. The fourth-order valence-corrected chi connectivity index (χ4v) is 3.14. The van der Waals surface area contributed by atoms with Crippen molar-refractivity contribution >= 4 is 22.0 Å². The van der Waals surface area contributed by atoms with E-state index in [1.54, 1.807) is 18.1 Å². The van der Waals surface area contributed by atoms with Crippen LogP contribution in [0.2, 0.25) is 0 Å². The molecule has 1 amide bonds. The van der Waals surface area contributed by atoms with Gasteiger partial charge in [-0.25, -0.2) is 9.18 Å². The van der Waals surface area contributed by atoms with E-state index in [9.17, 15) is 9.18 Å². The molecule has 1 aromatic carbocycles. The number of rotatable bonds is 2. The lowest BCUT2D eigenvalue weighted by Gasteiger charge is -2.38. The summed E-state index contributed by atoms with van der Waals surface area (Å²) >= 11 is 3.27. The van der Waals surface area contributed by atoms with Crippen molar-refractivity contribution in [3.05, 3.63) is 34.1 Å². The summed E-state index contributed by atoms with van der Waals surface area (Å²) in [5.74, 6) is -0.330. The van der Waals surface area contributed by atoms with Crippen molar-refractivity contribution in [1.29, 1.82) is 0 Å². The van der Waals surface area contributed by atoms with Crippen LogP contribution in [-0.4, -0.2) is 42.9 Å². The van der Waals surface area contributed by atoms with Crippen LogP contribution in [0.1, 0.15) is 38.7 Å². The molecule has 0 radical (unpaired) electrons. The Labute approximate surface area is 145 Å². The van der Waals surface area contributed by atoms with Gasteiger partial charge in [-0.15, -0.1) is 0 Å². The Morgan fingerprint density at radius 1 is 1.39 bits per heavy atom. The summed E-state index contributed by atoms with van der Waals surface area (Å²) in [7, 11) is 1.59. The number of carbonyl (C=O) groups excluding carboxylic acids is 1. The topological polar surface area (TPSA) is 38.8 Å². The Bertz CT molecular complexity index is 573. The summed E-state index contributed by atoms with van der Waals surface area (Å²) in [4.78, 5) is 13.8. The molecule has 2 rings (SSSR count). The Morgan fingerprint density at radius 2 is 2.09 bits per heavy atom. The number of ether oxygens (including phenoxy) is 2. The van der Waals surface area contributed by atoms with Crippen LogP contribution >= 0.6 is 15.9 Å². The van der Waals surface area contributed by atoms with E-state index >= 15 is 0 Å². The second-order valence-corrected chi connectivity index (χ2v) is 7.68. The van der Waals surface area contributed by atoms with Crippen molar-refractivity contribution in [2.75, 3.05) is 20.2 Å². The van der Waals surface area contributed by atoms with Crippen LogP contribution < -0.4 is 0 Å². The summed E-state index contributed by atoms with van der Waals surface area (Å²) in [6.45, 7) is 6.43. The molecule has 2 atom stereocenters. The van der Waals surface area contributed by atoms with E-state index in [0.717, 1.165) is 0 Å². The molecular formula is C17H23BrFNO3. The molecule has 1 aliphatic rings. The van der Waals surface area contributed by atoms with Gasteiger partial charge in [-0.05, 0) is 44.9 Å². The van der Waals surface area contributed by atoms with E-state index in [-0.39, 0.29) is 23.9 Å². The number of halogens is 2. The second-order valence-electron chi connectivity index (χ2n) is 6.76. The van der Waals surface area contributed by atoms with E-state index in [0.29, 0.717) is 29.5 Å². The molecule has 0 saturated carbocycles. The molecule has 4 nitrogen and oxygen atoms in total. The molecule has 1 fully saturated rings. The highest BCUT2D eigenvalue weighted by atomic mass is 79.9. The molecule has 1 aromatic rings. The molecule has 1 saturated heterocycles. The molecule has 1 heterocycles. The fraction of sp³-hybridized carbons (Fsp3) is 0.588. The minimum absolute atomic E-state index is 0.0770. The number of piperidine rings is 1. The molecule has 6 heteroatoms. The molecule has 23 heavy (non-hydrogen) atoms. The molecule has 1 aliphatic heterocycles. The predicted molar refractivity (Wildman–Crippen MR) is 90.1 cm³/mol. The van der Waals surface area contributed by atoms with Crippen LogP contribution in [0, 0.1) is 5.82 Å². The van der Waals surface area contributed by atoms with Crippen LogP contribution in [0.25, 0.3) is 0 Å². The first-order chi connectivity index (χ1) is 10.7. The lowest BCUT2D eigenvalue weighted by atomic mass is 9.86. The SMILES string of the molecule is CO[C@@H]1CN(C(=O)OC(C)(C)C)CCC1c1ccc(Br)cc1F. The minimum Gasteiger partial charge on any atom is -0.444 e. The first kappa shape index (κ1) is 18.2. The first-order valence-corrected chi connectivity index (χ1v) is 8.46. The van der Waals surface area contributed by atoms with Crippen molar-refractivity contribution in [1.82, 2.24) is 4.90 Å². The number of likely N-dealkylation sites (tertiary alicyclic amines) is 1. The van der Waals surface area contributed by atoms with E-state index in [2.05, 4.69) is 15.9 Å². The summed E-state index contributed by atoms with van der Waals surface area (Å²) in [5, 5.41) is 0. The van der Waals surface area contributed by atoms with Crippen molar-refractivity contribution in [3.63, 3.8) is 0 Å². The number of hydrogen-bond donors (Lipinski definition) is 0. The number of amides is 1. The first-order valence-electron chi connectivity index (χ1n) is 7.67. The maximum absolute atomic E-state index is 14.2. The maximum atomic E-state index is 14.2. The van der Waals surface area contributed by atoms with Gasteiger partial charge in [0.15, 0.2) is 0 Å². The summed E-state index contributed by atoms with van der Waals surface area (Å²) in [6.07, 6.45) is 0.0252. The second kappa shape index (κ2) is 7.18. The summed E-state index contributed by atoms with van der Waals surface area (Å²) in [5.41, 5.74) is 0.0952. The lowest BCUT2D eigenvalue weighted by Crippen LogP contribution is -2.48. The Hall–Kier alpha value is -1.14. The molecule has 0 N–H and O–H groups in total. The highest BCUT2D eigenvalue weighted by Gasteiger charge is 2.35. The number of nitrogens with zero attached hydrogens (tertiary/aromatic N) is 1. The van der Waals surface area contributed by atoms with Gasteiger partial charge in [0.2, 0.25) is 0 Å². The van der Waals surface area contributed by atoms with Gasteiger partial charge in [-0.1, -0.05) is 22.0 Å². The minimum atomic E-state index is -0.533. The third-order valence-corrected chi connectivity index (χ3v) is 4.37. The Balaban J connectivity index is 2.11. The smallest absolute Gasteiger partial charge is 0.410 e. The van der Waals surface area contributed by atoms with Crippen LogP contribution in [0.15, 0.2) is 22.7 Å². The van der Waals surface area contributed by atoms with Crippen LogP contribution in [-0.2, 0) is 9.47 Å². The van der Waals surface area contributed by atoms with Crippen molar-refractivity contribution < 1.29 is 18.7 Å². The van der Waals surface area contributed by atoms with Gasteiger partial charge in [0.25, 0.3) is 0 Å². The van der Waals surface area contributed by atoms with Gasteiger partial charge in [0.1, 0.15) is 11.4 Å². The van der Waals surface area contributed by atoms with Gasteiger partial charge < -0.3 is 14.4 Å². The third kappa shape index (κ3) is 4.67. The van der Waals surface area contributed by atoms with Crippen LogP contribution in [0.3, 0.4) is 0 Å². The van der Waals surface area contributed by atoms with Crippen molar-refractivity contribution in [3.8, 4) is 0 Å². The highest BCUT2D eigenvalue weighted by Crippen LogP contribution is 2.33. The standard InChI is InChI=1S/C17H23BrFNO3/c1-17(2,3)23-16(21)20-8-7-13(15(10-20)22-4)12-6-5-11(18)9-14(12)19/h5-6,9,13,15H,7-8,10H2,1-4H3/t13?,15-/m1/s1. The van der Waals surface area contributed by atoms with Gasteiger partial charge in [0, 0.05) is 24.0 Å². The zero-order valence-electron chi connectivity index (χ0n) is 13.9. The number of hydrogen-bond acceptors (Lipinski definition) is 3. The molecule has 0 aliphatic carbocycles. The average Bonchev–Trinajstić information content (AvgIpc) is 2.45. The zero-order valence-corrected chi connectivity index (χ0v) is 15.5. The Kier molecular flexibility index (Phi) is 5.68. The largest absolute Gasteiger partial charge is 0.444 e. The average molecular weight is 388 g/mol. The van der Waals surface area contributed by atoms with E-state index < -0.39 is 5.60 Å². The van der Waals surface area contributed by atoms with Gasteiger partial charge in [-0.2, -0.15) is 0 Å². The van der Waals surface area contributed by atoms with E-state index in [1.807, 2.05) is 26.8 Å². The molecular weight excluding hydrogens is 365 g/mol. The third-order valence-electron chi connectivity index (χ3n) is 3.88. The van der Waals surface area contributed by atoms with Crippen molar-refractivity contribution in [2.24, 2.45) is 0 Å². The number of carbonyl (C=O) groups is 1. The van der Waals surface area contributed by atoms with Gasteiger partial charge in [-0.3, -0.25) is 0 Å². The van der Waals surface area contributed by atoms with Crippen LogP contribution in [0.4, 0.5) is 9.18 Å². The molecule has 128 valence electrons. The Morgan fingerprint density at radius 3 is 2.65 bits per heavy atom. The zero-order chi connectivity index (χ0) is 17.2. The monoisotopic (exact) mass is 387 g/mol. The molecule has 0 bridgehead atoms. The molecule has 0 aromatic heterocycles. The quantitative estimate of drug-likeness (QED) is 0.757. The van der Waals surface area contributed by atoms with E-state index in [4.69, 9.17) is 9.47 Å². The number of methoxy groups -OCH3 is 1. The van der Waals surface area contributed by atoms with Crippen LogP contribution in [0.5, 0.6) is 0 Å². The maximum Gasteiger partial charge on any atom is 0.410 e. The molecule has 0 spiro atoms. The van der Waals surface area contributed by atoms with Crippen molar-refractivity contribution in [2.45, 2.75) is 44.8 Å². The fourth-order valence-electron chi connectivity index (χ4n) is 2.81. The van der Waals surface area contributed by atoms with Gasteiger partial charge >= 0.3 is 6.09 Å².